The third kappa shape index (κ3) is 5.95. The highest BCUT2D eigenvalue weighted by Gasteiger charge is 2.37. The number of alkyl halides is 6. The third-order valence-corrected chi connectivity index (χ3v) is 6.60. The summed E-state index contributed by atoms with van der Waals surface area (Å²) in [5.74, 6) is 0.347. The molecular formula is C27H19ClF6N6O. The third-order valence-electron chi connectivity index (χ3n) is 6.23. The van der Waals surface area contributed by atoms with Crippen LogP contribution in [0.4, 0.5) is 26.3 Å². The largest absolute Gasteiger partial charge is 0.416 e. The van der Waals surface area contributed by atoms with Crippen LogP contribution in [-0.2, 0) is 32.0 Å². The van der Waals surface area contributed by atoms with Crippen molar-refractivity contribution in [2.75, 3.05) is 0 Å². The van der Waals surface area contributed by atoms with E-state index in [9.17, 15) is 31.4 Å². The van der Waals surface area contributed by atoms with E-state index in [2.05, 4.69) is 20.5 Å². The number of aromatic nitrogens is 6. The smallest absolute Gasteiger partial charge is 0.388 e. The highest BCUT2D eigenvalue weighted by Crippen LogP contribution is 2.37. The zero-order valence-electron chi connectivity index (χ0n) is 20.8. The molecule has 0 unspecified atom stereocenters. The fourth-order valence-corrected chi connectivity index (χ4v) is 4.53. The van der Waals surface area contributed by atoms with E-state index in [1.54, 1.807) is 59.2 Å². The molecular weight excluding hydrogens is 574 g/mol. The quantitative estimate of drug-likeness (QED) is 0.219. The number of hydrogen-bond acceptors (Lipinski definition) is 5. The minimum absolute atomic E-state index is 0.0714. The number of rotatable bonds is 7. The average Bonchev–Trinajstić information content (AvgIpc) is 3.52. The Hall–Kier alpha value is -4.23. The molecule has 3 aromatic carbocycles. The van der Waals surface area contributed by atoms with Crippen LogP contribution in [0, 0.1) is 0 Å². The maximum absolute atomic E-state index is 13.5. The second-order valence-corrected chi connectivity index (χ2v) is 9.41. The highest BCUT2D eigenvalue weighted by molar-refractivity contribution is 6.31. The lowest BCUT2D eigenvalue weighted by molar-refractivity contribution is -0.143. The molecule has 5 rings (SSSR count). The second-order valence-electron chi connectivity index (χ2n) is 9.00. The fraction of sp³-hybridized carbons (Fsp3) is 0.185. The van der Waals surface area contributed by atoms with Gasteiger partial charge >= 0.3 is 12.4 Å². The van der Waals surface area contributed by atoms with Gasteiger partial charge in [0.05, 0.1) is 24.2 Å². The first-order valence-electron chi connectivity index (χ1n) is 12.0. The van der Waals surface area contributed by atoms with Gasteiger partial charge in [-0.25, -0.2) is 4.68 Å². The van der Waals surface area contributed by atoms with Gasteiger partial charge in [-0.15, -0.1) is 15.3 Å². The molecule has 0 aliphatic rings. The van der Waals surface area contributed by atoms with Crippen LogP contribution in [0.3, 0.4) is 0 Å². The number of aliphatic hydroxyl groups excluding tert-OH is 1. The molecule has 0 radical (unpaired) electrons. The summed E-state index contributed by atoms with van der Waals surface area (Å²) < 4.78 is 83.7. The lowest BCUT2D eigenvalue weighted by Gasteiger charge is -2.15. The molecule has 41 heavy (non-hydrogen) atoms. The summed E-state index contributed by atoms with van der Waals surface area (Å²) >= 11 is 6.34. The summed E-state index contributed by atoms with van der Waals surface area (Å²) in [7, 11) is 0. The van der Waals surface area contributed by atoms with Gasteiger partial charge in [-0.2, -0.15) is 26.3 Å². The zero-order valence-corrected chi connectivity index (χ0v) is 21.6. The van der Waals surface area contributed by atoms with Crippen molar-refractivity contribution in [2.24, 2.45) is 0 Å². The van der Waals surface area contributed by atoms with E-state index in [4.69, 9.17) is 11.6 Å². The Morgan fingerprint density at radius 3 is 2.00 bits per heavy atom. The molecule has 0 aliphatic heterocycles. The number of hydrogen-bond donors (Lipinski definition) is 1. The molecule has 0 bridgehead atoms. The predicted molar refractivity (Wildman–Crippen MR) is 136 cm³/mol. The van der Waals surface area contributed by atoms with Crippen LogP contribution in [0.5, 0.6) is 0 Å². The highest BCUT2D eigenvalue weighted by atomic mass is 35.5. The Morgan fingerprint density at radius 2 is 1.39 bits per heavy atom. The molecule has 0 saturated carbocycles. The van der Waals surface area contributed by atoms with E-state index in [1.807, 2.05) is 0 Å². The number of benzene rings is 3. The summed E-state index contributed by atoms with van der Waals surface area (Å²) in [4.78, 5) is 0. The minimum atomic E-state index is -5.00. The molecule has 0 spiro atoms. The van der Waals surface area contributed by atoms with Crippen molar-refractivity contribution in [1.82, 2.24) is 29.8 Å². The maximum Gasteiger partial charge on any atom is 0.416 e. The van der Waals surface area contributed by atoms with E-state index in [0.29, 0.717) is 28.3 Å². The van der Waals surface area contributed by atoms with Crippen LogP contribution in [0.1, 0.15) is 28.1 Å². The second kappa shape index (κ2) is 11.0. The van der Waals surface area contributed by atoms with Crippen molar-refractivity contribution in [1.29, 1.82) is 0 Å². The van der Waals surface area contributed by atoms with E-state index >= 15 is 0 Å². The number of aliphatic hydroxyl groups is 1. The van der Waals surface area contributed by atoms with Crippen LogP contribution in [0.25, 0.3) is 22.8 Å². The Kier molecular flexibility index (Phi) is 7.58. The van der Waals surface area contributed by atoms with E-state index in [1.165, 1.54) is 4.68 Å². The van der Waals surface area contributed by atoms with E-state index in [0.717, 1.165) is 0 Å². The Balaban J connectivity index is 1.65. The molecule has 1 N–H and O–H groups in total. The summed E-state index contributed by atoms with van der Waals surface area (Å²) in [6.45, 7) is -0.798. The number of nitrogens with zero attached hydrogens (tertiary/aromatic N) is 6. The van der Waals surface area contributed by atoms with Crippen LogP contribution < -0.4 is 0 Å². The van der Waals surface area contributed by atoms with Gasteiger partial charge in [0.2, 0.25) is 0 Å². The molecule has 212 valence electrons. The first-order chi connectivity index (χ1) is 19.5. The monoisotopic (exact) mass is 592 g/mol. The molecule has 0 atom stereocenters. The van der Waals surface area contributed by atoms with Gasteiger partial charge in [-0.1, -0.05) is 65.3 Å². The van der Waals surface area contributed by atoms with Crippen LogP contribution in [-0.4, -0.2) is 34.9 Å². The van der Waals surface area contributed by atoms with Gasteiger partial charge in [-0.3, -0.25) is 0 Å². The summed E-state index contributed by atoms with van der Waals surface area (Å²) in [6.07, 6.45) is -10.00. The van der Waals surface area contributed by atoms with Crippen molar-refractivity contribution < 1.29 is 31.4 Å². The Morgan fingerprint density at radius 1 is 0.756 bits per heavy atom. The molecule has 0 fully saturated rings. The van der Waals surface area contributed by atoms with Gasteiger partial charge in [0.15, 0.2) is 17.3 Å². The standard InChI is InChI=1S/C27H19ClF6N6O/c28-21-9-5-4-8-18(21)14-39-22(15-41)35-37-25(39)23-24(17-6-2-1-3-7-17)40(38-36-23)13-16-10-19(26(29,30)31)12-20(11-16)27(32,33)34/h1-12,41H,13-15H2. The minimum Gasteiger partial charge on any atom is -0.388 e. The van der Waals surface area contributed by atoms with Crippen LogP contribution >= 0.6 is 11.6 Å². The van der Waals surface area contributed by atoms with E-state index < -0.39 is 36.6 Å². The Bertz CT molecular complexity index is 1650. The van der Waals surface area contributed by atoms with Crippen LogP contribution in [0.15, 0.2) is 72.8 Å². The number of halogens is 7. The van der Waals surface area contributed by atoms with Crippen molar-refractivity contribution in [3.8, 4) is 22.8 Å². The molecule has 14 heteroatoms. The predicted octanol–water partition coefficient (Wildman–Crippen LogP) is 6.48. The van der Waals surface area contributed by atoms with Crippen LogP contribution in [0.2, 0.25) is 5.02 Å². The van der Waals surface area contributed by atoms with Crippen molar-refractivity contribution in [3.63, 3.8) is 0 Å². The average molecular weight is 593 g/mol. The maximum atomic E-state index is 13.5. The van der Waals surface area contributed by atoms with Crippen molar-refractivity contribution in [3.05, 3.63) is 106 Å². The molecule has 0 amide bonds. The van der Waals surface area contributed by atoms with Crippen molar-refractivity contribution >= 4 is 11.6 Å². The molecule has 7 nitrogen and oxygen atoms in total. The lowest BCUT2D eigenvalue weighted by Crippen LogP contribution is -2.13. The first kappa shape index (κ1) is 28.3. The van der Waals surface area contributed by atoms with Gasteiger partial charge in [0.1, 0.15) is 12.3 Å². The molecule has 2 heterocycles. The zero-order chi connectivity index (χ0) is 29.4. The SMILES string of the molecule is OCc1nnc(-c2nnn(Cc3cc(C(F)(F)F)cc(C(F)(F)F)c3)c2-c2ccccc2)n1Cc1ccccc1Cl. The van der Waals surface area contributed by atoms with Gasteiger partial charge in [-0.05, 0) is 35.4 Å². The summed E-state index contributed by atoms with van der Waals surface area (Å²) in [5, 5.41) is 26.9. The van der Waals surface area contributed by atoms with Gasteiger partial charge < -0.3 is 9.67 Å². The Labute approximate surface area is 233 Å². The topological polar surface area (TPSA) is 81.7 Å². The fourth-order valence-electron chi connectivity index (χ4n) is 4.33. The van der Waals surface area contributed by atoms with Gasteiger partial charge in [0, 0.05) is 10.6 Å². The van der Waals surface area contributed by atoms with Gasteiger partial charge in [0.25, 0.3) is 0 Å². The normalized spacial score (nSPS) is 12.2. The van der Waals surface area contributed by atoms with E-state index in [-0.39, 0.29) is 41.2 Å². The first-order valence-corrected chi connectivity index (χ1v) is 12.4. The molecule has 2 aromatic heterocycles. The summed E-state index contributed by atoms with van der Waals surface area (Å²) in [6, 6.07) is 16.9. The van der Waals surface area contributed by atoms with Crippen molar-refractivity contribution in [2.45, 2.75) is 32.0 Å². The molecule has 0 saturated heterocycles. The summed E-state index contributed by atoms with van der Waals surface area (Å²) in [5.41, 5.74) is -1.52. The lowest BCUT2D eigenvalue weighted by atomic mass is 10.0. The molecule has 5 aromatic rings. The molecule has 0 aliphatic carbocycles.